The largest absolute Gasteiger partial charge is 0.351 e. The molecular formula is C15H21N3O2. The average Bonchev–Trinajstić information content (AvgIpc) is 2.49. The van der Waals surface area contributed by atoms with Crippen molar-refractivity contribution in [2.24, 2.45) is 0 Å². The van der Waals surface area contributed by atoms with Crippen molar-refractivity contribution in [2.45, 2.75) is 26.2 Å². The minimum atomic E-state index is -0.314. The van der Waals surface area contributed by atoms with Crippen LogP contribution in [-0.4, -0.2) is 29.9 Å². The lowest BCUT2D eigenvalue weighted by Crippen LogP contribution is -2.28. The Bertz CT molecular complexity index is 472. The number of carbonyl (C=O) groups is 2. The second-order valence-corrected chi connectivity index (χ2v) is 4.37. The number of rotatable bonds is 8. The summed E-state index contributed by atoms with van der Waals surface area (Å²) in [6.45, 7) is 6.62. The molecule has 0 aliphatic heterocycles. The molecule has 1 aromatic rings. The molecule has 0 aliphatic rings. The zero-order valence-corrected chi connectivity index (χ0v) is 11.8. The molecule has 0 aromatic carbocycles. The first-order valence-corrected chi connectivity index (χ1v) is 6.83. The van der Waals surface area contributed by atoms with Crippen LogP contribution >= 0.6 is 0 Å². The fourth-order valence-corrected chi connectivity index (χ4v) is 1.61. The van der Waals surface area contributed by atoms with Gasteiger partial charge >= 0.3 is 0 Å². The highest BCUT2D eigenvalue weighted by molar-refractivity contribution is 5.96. The summed E-state index contributed by atoms with van der Waals surface area (Å²) < 4.78 is 0. The molecule has 0 radical (unpaired) electrons. The number of nitrogens with zero attached hydrogens (tertiary/aromatic N) is 1. The van der Waals surface area contributed by atoms with E-state index in [0.717, 1.165) is 19.3 Å². The van der Waals surface area contributed by atoms with Crippen molar-refractivity contribution in [1.29, 1.82) is 0 Å². The second kappa shape index (κ2) is 8.85. The van der Waals surface area contributed by atoms with E-state index < -0.39 is 0 Å². The number of carbonyl (C=O) groups excluding carboxylic acids is 2. The molecule has 0 atom stereocenters. The molecule has 1 rings (SSSR count). The predicted molar refractivity (Wildman–Crippen MR) is 78.6 cm³/mol. The summed E-state index contributed by atoms with van der Waals surface area (Å²) in [5.41, 5.74) is 0.487. The molecule has 5 nitrogen and oxygen atoms in total. The Labute approximate surface area is 119 Å². The smallest absolute Gasteiger partial charge is 0.270 e. The number of nitrogens with one attached hydrogen (secondary N) is 2. The standard InChI is InChI=1S/C15H21N3O2/c1-3-5-6-11-17-15(20)13-9-7-8-12(18-13)14(19)16-10-4-2/h4,7-9H,2-3,5-6,10-11H2,1H3,(H,16,19)(H,17,20). The van der Waals surface area contributed by atoms with Gasteiger partial charge < -0.3 is 10.6 Å². The molecule has 0 saturated carbocycles. The first kappa shape index (κ1) is 15.9. The Morgan fingerprint density at radius 3 is 2.45 bits per heavy atom. The van der Waals surface area contributed by atoms with Gasteiger partial charge in [-0.1, -0.05) is 31.9 Å². The molecule has 0 saturated heterocycles. The highest BCUT2D eigenvalue weighted by Gasteiger charge is 2.11. The van der Waals surface area contributed by atoms with Gasteiger partial charge in [0, 0.05) is 13.1 Å². The van der Waals surface area contributed by atoms with Crippen molar-refractivity contribution in [3.8, 4) is 0 Å². The Kier molecular flexibility index (Phi) is 7.03. The quantitative estimate of drug-likeness (QED) is 0.562. The molecule has 2 N–H and O–H groups in total. The molecule has 1 heterocycles. The van der Waals surface area contributed by atoms with E-state index in [1.807, 2.05) is 0 Å². The van der Waals surface area contributed by atoms with Crippen molar-refractivity contribution < 1.29 is 9.59 Å². The van der Waals surface area contributed by atoms with Crippen LogP contribution in [0.3, 0.4) is 0 Å². The van der Waals surface area contributed by atoms with Crippen molar-refractivity contribution in [1.82, 2.24) is 15.6 Å². The third-order valence-corrected chi connectivity index (χ3v) is 2.69. The van der Waals surface area contributed by atoms with Crippen LogP contribution in [0.1, 0.15) is 47.2 Å². The number of unbranched alkanes of at least 4 members (excludes halogenated alkanes) is 2. The first-order chi connectivity index (χ1) is 9.69. The van der Waals surface area contributed by atoms with Crippen LogP contribution in [0.5, 0.6) is 0 Å². The summed E-state index contributed by atoms with van der Waals surface area (Å²) in [4.78, 5) is 27.7. The molecule has 20 heavy (non-hydrogen) atoms. The predicted octanol–water partition coefficient (Wildman–Crippen LogP) is 1.92. The lowest BCUT2D eigenvalue weighted by Gasteiger charge is -2.06. The van der Waals surface area contributed by atoms with Crippen LogP contribution in [-0.2, 0) is 0 Å². The van der Waals surface area contributed by atoms with Gasteiger partial charge in [-0.25, -0.2) is 4.98 Å². The maximum Gasteiger partial charge on any atom is 0.270 e. The molecule has 2 amide bonds. The van der Waals surface area contributed by atoms with Crippen LogP contribution in [0.25, 0.3) is 0 Å². The Morgan fingerprint density at radius 1 is 1.20 bits per heavy atom. The topological polar surface area (TPSA) is 71.1 Å². The second-order valence-electron chi connectivity index (χ2n) is 4.37. The average molecular weight is 275 g/mol. The van der Waals surface area contributed by atoms with Crippen LogP contribution in [0, 0.1) is 0 Å². The molecule has 5 heteroatoms. The highest BCUT2D eigenvalue weighted by Crippen LogP contribution is 2.00. The molecule has 0 fully saturated rings. The van der Waals surface area contributed by atoms with E-state index in [4.69, 9.17) is 0 Å². The minimum Gasteiger partial charge on any atom is -0.351 e. The Balaban J connectivity index is 2.60. The Morgan fingerprint density at radius 2 is 1.85 bits per heavy atom. The fraction of sp³-hybridized carbons (Fsp3) is 0.400. The zero-order chi connectivity index (χ0) is 14.8. The third-order valence-electron chi connectivity index (χ3n) is 2.69. The number of amides is 2. The van der Waals surface area contributed by atoms with Crippen LogP contribution < -0.4 is 10.6 Å². The fourth-order valence-electron chi connectivity index (χ4n) is 1.61. The van der Waals surface area contributed by atoms with Gasteiger partial charge in [0.15, 0.2) is 0 Å². The van der Waals surface area contributed by atoms with E-state index in [-0.39, 0.29) is 23.2 Å². The van der Waals surface area contributed by atoms with E-state index in [1.54, 1.807) is 24.3 Å². The first-order valence-electron chi connectivity index (χ1n) is 6.83. The third kappa shape index (κ3) is 5.22. The SMILES string of the molecule is C=CCNC(=O)c1cccc(C(=O)NCCCCC)n1. The van der Waals surface area contributed by atoms with E-state index >= 15 is 0 Å². The maximum absolute atomic E-state index is 11.9. The van der Waals surface area contributed by atoms with E-state index in [2.05, 4.69) is 29.1 Å². The summed E-state index contributed by atoms with van der Waals surface area (Å²) in [5, 5.41) is 5.42. The van der Waals surface area contributed by atoms with Gasteiger partial charge in [0.2, 0.25) is 0 Å². The van der Waals surface area contributed by atoms with Crippen molar-refractivity contribution in [3.63, 3.8) is 0 Å². The van der Waals surface area contributed by atoms with Gasteiger partial charge in [-0.3, -0.25) is 9.59 Å². The van der Waals surface area contributed by atoms with Gasteiger partial charge in [-0.15, -0.1) is 6.58 Å². The monoisotopic (exact) mass is 275 g/mol. The Hall–Kier alpha value is -2.17. The maximum atomic E-state index is 11.9. The molecule has 0 spiro atoms. The van der Waals surface area contributed by atoms with Crippen LogP contribution in [0.15, 0.2) is 30.9 Å². The van der Waals surface area contributed by atoms with Crippen molar-refractivity contribution >= 4 is 11.8 Å². The lowest BCUT2D eigenvalue weighted by atomic mass is 10.2. The zero-order valence-electron chi connectivity index (χ0n) is 11.8. The molecule has 0 aliphatic carbocycles. The van der Waals surface area contributed by atoms with Crippen LogP contribution in [0.2, 0.25) is 0 Å². The van der Waals surface area contributed by atoms with E-state index in [9.17, 15) is 9.59 Å². The molecule has 0 unspecified atom stereocenters. The number of aromatic nitrogens is 1. The van der Waals surface area contributed by atoms with Gasteiger partial charge in [-0.2, -0.15) is 0 Å². The van der Waals surface area contributed by atoms with Gasteiger partial charge in [0.05, 0.1) is 0 Å². The molecule has 0 bridgehead atoms. The van der Waals surface area contributed by atoms with Gasteiger partial charge in [0.25, 0.3) is 11.8 Å². The lowest BCUT2D eigenvalue weighted by molar-refractivity contribution is 0.0945. The normalized spacial score (nSPS) is 9.85. The molecule has 108 valence electrons. The van der Waals surface area contributed by atoms with Crippen LogP contribution in [0.4, 0.5) is 0 Å². The minimum absolute atomic E-state index is 0.230. The number of pyridine rings is 1. The van der Waals surface area contributed by atoms with Crippen molar-refractivity contribution in [2.75, 3.05) is 13.1 Å². The number of hydrogen-bond acceptors (Lipinski definition) is 3. The summed E-state index contributed by atoms with van der Waals surface area (Å²) in [7, 11) is 0. The summed E-state index contributed by atoms with van der Waals surface area (Å²) in [6.07, 6.45) is 4.72. The van der Waals surface area contributed by atoms with Gasteiger partial charge in [-0.05, 0) is 18.6 Å². The molecular weight excluding hydrogens is 254 g/mol. The summed E-state index contributed by atoms with van der Waals surface area (Å²) >= 11 is 0. The van der Waals surface area contributed by atoms with Crippen molar-refractivity contribution in [3.05, 3.63) is 42.2 Å². The van der Waals surface area contributed by atoms with E-state index in [1.165, 1.54) is 0 Å². The molecule has 1 aromatic heterocycles. The number of hydrogen-bond donors (Lipinski definition) is 2. The summed E-state index contributed by atoms with van der Waals surface area (Å²) in [6, 6.07) is 4.82. The summed E-state index contributed by atoms with van der Waals surface area (Å²) in [5.74, 6) is -0.565. The van der Waals surface area contributed by atoms with Gasteiger partial charge in [0.1, 0.15) is 11.4 Å². The van der Waals surface area contributed by atoms with E-state index in [0.29, 0.717) is 13.1 Å². The highest BCUT2D eigenvalue weighted by atomic mass is 16.2.